The van der Waals surface area contributed by atoms with E-state index in [1.165, 1.54) is 11.1 Å². The van der Waals surface area contributed by atoms with Gasteiger partial charge in [-0.1, -0.05) is 68.4 Å². The lowest BCUT2D eigenvalue weighted by Gasteiger charge is -2.14. The maximum absolute atomic E-state index is 11.8. The second-order valence-corrected chi connectivity index (χ2v) is 7.23. The molecule has 0 radical (unpaired) electrons. The average molecular weight is 287 g/mol. The van der Waals surface area contributed by atoms with Crippen molar-refractivity contribution >= 4 is 10.8 Å². The van der Waals surface area contributed by atoms with Crippen molar-refractivity contribution in [2.45, 2.75) is 25.1 Å². The number of benzene rings is 2. The second-order valence-electron chi connectivity index (χ2n) is 5.19. The molecule has 3 heteroatoms. The van der Waals surface area contributed by atoms with Gasteiger partial charge in [0.2, 0.25) is 0 Å². The summed E-state index contributed by atoms with van der Waals surface area (Å²) >= 11 is 0. The Morgan fingerprint density at radius 3 is 2.05 bits per heavy atom. The Labute approximate surface area is 123 Å². The van der Waals surface area contributed by atoms with E-state index in [9.17, 15) is 4.21 Å². The molecule has 0 aromatic heterocycles. The van der Waals surface area contributed by atoms with Crippen molar-refractivity contribution in [3.63, 3.8) is 0 Å². The Balaban J connectivity index is 2.10. The molecule has 0 aliphatic heterocycles. The molecule has 2 nitrogen and oxygen atoms in total. The Hall–Kier alpha value is -1.45. The van der Waals surface area contributed by atoms with Crippen LogP contribution in [0.3, 0.4) is 0 Å². The van der Waals surface area contributed by atoms with E-state index < -0.39 is 10.8 Å². The van der Waals surface area contributed by atoms with Gasteiger partial charge in [-0.2, -0.15) is 0 Å². The number of nitrogens with two attached hydrogens (primary N) is 1. The van der Waals surface area contributed by atoms with Crippen molar-refractivity contribution in [2.24, 2.45) is 5.73 Å². The molecular formula is C17H21NOS. The van der Waals surface area contributed by atoms with Crippen LogP contribution in [0.2, 0.25) is 0 Å². The van der Waals surface area contributed by atoms with Crippen molar-refractivity contribution < 1.29 is 4.21 Å². The van der Waals surface area contributed by atoms with Crippen molar-refractivity contribution in [1.29, 1.82) is 0 Å². The molecule has 2 rings (SSSR count). The molecule has 2 unspecified atom stereocenters. The molecule has 0 fully saturated rings. The molecule has 106 valence electrons. The molecule has 0 saturated carbocycles. The first kappa shape index (κ1) is 14.9. The molecule has 2 aromatic rings. The van der Waals surface area contributed by atoms with E-state index in [1.54, 1.807) is 0 Å². The zero-order chi connectivity index (χ0) is 14.5. The smallest absolute Gasteiger partial charge is 0.0431 e. The fraction of sp³-hybridized carbons (Fsp3) is 0.294. The highest BCUT2D eigenvalue weighted by molar-refractivity contribution is 7.85. The molecular weight excluding hydrogens is 266 g/mol. The zero-order valence-electron chi connectivity index (χ0n) is 12.0. The third kappa shape index (κ3) is 3.78. The van der Waals surface area contributed by atoms with Crippen LogP contribution < -0.4 is 5.73 Å². The Kier molecular flexibility index (Phi) is 5.10. The van der Waals surface area contributed by atoms with Gasteiger partial charge in [0.15, 0.2) is 0 Å². The van der Waals surface area contributed by atoms with E-state index in [2.05, 4.69) is 24.3 Å². The first-order valence-corrected chi connectivity index (χ1v) is 8.24. The van der Waals surface area contributed by atoms with E-state index in [0.29, 0.717) is 5.75 Å². The van der Waals surface area contributed by atoms with Gasteiger partial charge in [-0.05, 0) is 16.7 Å². The molecule has 0 bridgehead atoms. The first-order valence-electron chi connectivity index (χ1n) is 6.86. The lowest BCUT2D eigenvalue weighted by molar-refractivity contribution is 0.668. The average Bonchev–Trinajstić information content (AvgIpc) is 2.48. The summed E-state index contributed by atoms with van der Waals surface area (Å²) in [5.74, 6) is 0.516. The molecule has 0 aliphatic rings. The topological polar surface area (TPSA) is 43.1 Å². The third-order valence-electron chi connectivity index (χ3n) is 3.32. The second kappa shape index (κ2) is 6.82. The van der Waals surface area contributed by atoms with Gasteiger partial charge in [0.05, 0.1) is 0 Å². The van der Waals surface area contributed by atoms with Crippen LogP contribution in [0.5, 0.6) is 0 Å². The molecule has 2 aromatic carbocycles. The highest BCUT2D eigenvalue weighted by Crippen LogP contribution is 2.21. The summed E-state index contributed by atoms with van der Waals surface area (Å²) in [6, 6.07) is 18.3. The van der Waals surface area contributed by atoms with Gasteiger partial charge in [-0.25, -0.2) is 0 Å². The van der Waals surface area contributed by atoms with Crippen LogP contribution in [0.4, 0.5) is 0 Å². The highest BCUT2D eigenvalue weighted by atomic mass is 32.2. The van der Waals surface area contributed by atoms with E-state index in [1.807, 2.05) is 44.2 Å². The highest BCUT2D eigenvalue weighted by Gasteiger charge is 2.13. The molecule has 0 amide bonds. The summed E-state index contributed by atoms with van der Waals surface area (Å²) in [4.78, 5) is 0. The monoisotopic (exact) mass is 287 g/mol. The standard InChI is InChI=1S/C17H21NOS/c1-13(2)20(19)12-17(18)16-10-8-15(9-11-16)14-6-4-3-5-7-14/h3-11,13,17H,12,18H2,1-2H3. The van der Waals surface area contributed by atoms with E-state index >= 15 is 0 Å². The summed E-state index contributed by atoms with van der Waals surface area (Å²) in [5.41, 5.74) is 9.54. The zero-order valence-corrected chi connectivity index (χ0v) is 12.8. The Morgan fingerprint density at radius 2 is 1.50 bits per heavy atom. The largest absolute Gasteiger partial charge is 0.323 e. The molecule has 0 aliphatic carbocycles. The van der Waals surface area contributed by atoms with Crippen LogP contribution in [0.15, 0.2) is 54.6 Å². The van der Waals surface area contributed by atoms with Gasteiger partial charge >= 0.3 is 0 Å². The van der Waals surface area contributed by atoms with Crippen molar-refractivity contribution in [1.82, 2.24) is 0 Å². The van der Waals surface area contributed by atoms with Gasteiger partial charge in [0.1, 0.15) is 0 Å². The van der Waals surface area contributed by atoms with Crippen molar-refractivity contribution in [2.75, 3.05) is 5.75 Å². The van der Waals surface area contributed by atoms with Crippen LogP contribution in [-0.2, 0) is 10.8 Å². The summed E-state index contributed by atoms with van der Waals surface area (Å²) in [7, 11) is -0.869. The molecule has 2 atom stereocenters. The molecule has 20 heavy (non-hydrogen) atoms. The van der Waals surface area contributed by atoms with E-state index in [-0.39, 0.29) is 11.3 Å². The summed E-state index contributed by atoms with van der Waals surface area (Å²) in [6.07, 6.45) is 0. The number of rotatable bonds is 5. The predicted octanol–water partition coefficient (Wildman–Crippen LogP) is 3.51. The molecule has 2 N–H and O–H groups in total. The third-order valence-corrected chi connectivity index (χ3v) is 5.05. The summed E-state index contributed by atoms with van der Waals surface area (Å²) in [5, 5.41) is 0.157. The van der Waals surface area contributed by atoms with Gasteiger partial charge < -0.3 is 5.73 Å². The van der Waals surface area contributed by atoms with Gasteiger partial charge in [0.25, 0.3) is 0 Å². The Morgan fingerprint density at radius 1 is 0.950 bits per heavy atom. The lowest BCUT2D eigenvalue weighted by atomic mass is 10.0. The van der Waals surface area contributed by atoms with Crippen LogP contribution in [0, 0.1) is 0 Å². The van der Waals surface area contributed by atoms with Gasteiger partial charge in [0, 0.05) is 27.8 Å². The number of hydrogen-bond acceptors (Lipinski definition) is 2. The maximum atomic E-state index is 11.8. The van der Waals surface area contributed by atoms with Crippen LogP contribution in [0.25, 0.3) is 11.1 Å². The molecule has 0 saturated heterocycles. The van der Waals surface area contributed by atoms with E-state index in [4.69, 9.17) is 5.73 Å². The quantitative estimate of drug-likeness (QED) is 0.914. The fourth-order valence-corrected chi connectivity index (χ4v) is 2.95. The summed E-state index contributed by atoms with van der Waals surface area (Å²) in [6.45, 7) is 3.92. The van der Waals surface area contributed by atoms with Crippen LogP contribution in [0.1, 0.15) is 25.5 Å². The maximum Gasteiger partial charge on any atom is 0.0431 e. The SMILES string of the molecule is CC(C)S(=O)CC(N)c1ccc(-c2ccccc2)cc1. The molecule has 0 spiro atoms. The van der Waals surface area contributed by atoms with Crippen molar-refractivity contribution in [3.05, 3.63) is 60.2 Å². The van der Waals surface area contributed by atoms with Gasteiger partial charge in [-0.15, -0.1) is 0 Å². The minimum absolute atomic E-state index is 0.157. The first-order chi connectivity index (χ1) is 9.58. The minimum Gasteiger partial charge on any atom is -0.323 e. The summed E-state index contributed by atoms with van der Waals surface area (Å²) < 4.78 is 11.8. The minimum atomic E-state index is -0.869. The van der Waals surface area contributed by atoms with Gasteiger partial charge in [-0.3, -0.25) is 4.21 Å². The number of hydrogen-bond donors (Lipinski definition) is 1. The lowest BCUT2D eigenvalue weighted by Crippen LogP contribution is -2.22. The normalized spacial score (nSPS) is 14.2. The van der Waals surface area contributed by atoms with Crippen LogP contribution >= 0.6 is 0 Å². The Bertz CT molecular complexity index is 563. The molecule has 0 heterocycles. The fourth-order valence-electron chi connectivity index (χ4n) is 2.02. The van der Waals surface area contributed by atoms with E-state index in [0.717, 1.165) is 5.56 Å². The van der Waals surface area contributed by atoms with Crippen molar-refractivity contribution in [3.8, 4) is 11.1 Å². The van der Waals surface area contributed by atoms with Crippen LogP contribution in [-0.4, -0.2) is 15.2 Å². The predicted molar refractivity (Wildman–Crippen MR) is 87.0 cm³/mol.